The Hall–Kier alpha value is -1.08. The molecule has 0 N–H and O–H groups in total. The standard InChI is InChI=1S/C15H23NO4S2/c1-12-5-4-9-16(10-8-12)14-7-6-13(21(2,17)18)11-15(14)22(3,19)20/h6-7,11-12H,4-5,8-10H2,1-3H3/t12-/m1/s1. The first-order valence-corrected chi connectivity index (χ1v) is 11.2. The number of sulfone groups is 2. The zero-order chi connectivity index (χ0) is 16.5. The van der Waals surface area contributed by atoms with Crippen LogP contribution in [0.15, 0.2) is 28.0 Å². The van der Waals surface area contributed by atoms with E-state index in [4.69, 9.17) is 0 Å². The van der Waals surface area contributed by atoms with Gasteiger partial charge in [-0.2, -0.15) is 0 Å². The molecule has 0 aromatic heterocycles. The summed E-state index contributed by atoms with van der Waals surface area (Å²) >= 11 is 0. The van der Waals surface area contributed by atoms with E-state index in [-0.39, 0.29) is 9.79 Å². The minimum Gasteiger partial charge on any atom is -0.370 e. The molecular formula is C15H23NO4S2. The van der Waals surface area contributed by atoms with Gasteiger partial charge >= 0.3 is 0 Å². The van der Waals surface area contributed by atoms with Crippen LogP contribution in [0.3, 0.4) is 0 Å². The minimum atomic E-state index is -3.50. The lowest BCUT2D eigenvalue weighted by Gasteiger charge is -2.25. The largest absolute Gasteiger partial charge is 0.370 e. The Kier molecular flexibility index (Phi) is 4.87. The molecule has 1 aliphatic rings. The van der Waals surface area contributed by atoms with Crippen molar-refractivity contribution < 1.29 is 16.8 Å². The van der Waals surface area contributed by atoms with Crippen molar-refractivity contribution in [3.8, 4) is 0 Å². The van der Waals surface area contributed by atoms with Gasteiger partial charge in [0.05, 0.1) is 15.5 Å². The van der Waals surface area contributed by atoms with Gasteiger partial charge < -0.3 is 4.90 Å². The Morgan fingerprint density at radius 3 is 2.27 bits per heavy atom. The third kappa shape index (κ3) is 4.01. The van der Waals surface area contributed by atoms with Gasteiger partial charge in [0.25, 0.3) is 0 Å². The lowest BCUT2D eigenvalue weighted by molar-refractivity contribution is 0.521. The SMILES string of the molecule is C[C@@H]1CCCN(c2ccc(S(C)(=O)=O)cc2S(C)(=O)=O)CC1. The van der Waals surface area contributed by atoms with Crippen molar-refractivity contribution >= 4 is 25.4 Å². The van der Waals surface area contributed by atoms with Crippen molar-refractivity contribution in [3.05, 3.63) is 18.2 Å². The zero-order valence-electron chi connectivity index (χ0n) is 13.2. The molecule has 0 radical (unpaired) electrons. The molecule has 0 saturated carbocycles. The molecule has 2 rings (SSSR count). The summed E-state index contributed by atoms with van der Waals surface area (Å²) in [6.07, 6.45) is 5.36. The van der Waals surface area contributed by atoms with Crippen molar-refractivity contribution in [1.29, 1.82) is 0 Å². The minimum absolute atomic E-state index is 0.0415. The fraction of sp³-hybridized carbons (Fsp3) is 0.600. The maximum atomic E-state index is 12.1. The fourth-order valence-corrected chi connectivity index (χ4v) is 4.43. The van der Waals surface area contributed by atoms with Crippen LogP contribution in [0.4, 0.5) is 5.69 Å². The Balaban J connectivity index is 2.51. The average Bonchev–Trinajstić information content (AvgIpc) is 2.61. The number of hydrogen-bond acceptors (Lipinski definition) is 5. The van der Waals surface area contributed by atoms with Crippen LogP contribution in [0.2, 0.25) is 0 Å². The molecule has 124 valence electrons. The van der Waals surface area contributed by atoms with Crippen LogP contribution in [0.1, 0.15) is 26.2 Å². The van der Waals surface area contributed by atoms with E-state index in [9.17, 15) is 16.8 Å². The predicted molar refractivity (Wildman–Crippen MR) is 87.9 cm³/mol. The lowest BCUT2D eigenvalue weighted by Crippen LogP contribution is -2.26. The number of anilines is 1. The molecule has 1 saturated heterocycles. The van der Waals surface area contributed by atoms with Gasteiger partial charge in [0.15, 0.2) is 19.7 Å². The summed E-state index contributed by atoms with van der Waals surface area (Å²) in [5.74, 6) is 0.627. The van der Waals surface area contributed by atoms with Crippen LogP contribution in [-0.4, -0.2) is 42.4 Å². The molecule has 1 aromatic rings. The van der Waals surface area contributed by atoms with E-state index >= 15 is 0 Å². The molecule has 0 aliphatic carbocycles. The molecule has 7 heteroatoms. The van der Waals surface area contributed by atoms with E-state index < -0.39 is 19.7 Å². The van der Waals surface area contributed by atoms with E-state index in [0.717, 1.165) is 44.9 Å². The zero-order valence-corrected chi connectivity index (χ0v) is 14.9. The molecule has 0 bridgehead atoms. The highest BCUT2D eigenvalue weighted by Gasteiger charge is 2.23. The normalized spacial score (nSPS) is 20.7. The van der Waals surface area contributed by atoms with Gasteiger partial charge in [-0.1, -0.05) is 6.92 Å². The van der Waals surface area contributed by atoms with Gasteiger partial charge in [-0.25, -0.2) is 16.8 Å². The molecule has 5 nitrogen and oxygen atoms in total. The predicted octanol–water partition coefficient (Wildman–Crippen LogP) is 2.12. The quantitative estimate of drug-likeness (QED) is 0.839. The molecule has 1 aliphatic heterocycles. The van der Waals surface area contributed by atoms with Gasteiger partial charge in [-0.3, -0.25) is 0 Å². The van der Waals surface area contributed by atoms with E-state index in [1.165, 1.54) is 12.1 Å². The second kappa shape index (κ2) is 6.20. The van der Waals surface area contributed by atoms with E-state index in [0.29, 0.717) is 11.6 Å². The van der Waals surface area contributed by atoms with E-state index in [1.54, 1.807) is 6.07 Å². The van der Waals surface area contributed by atoms with Gasteiger partial charge in [0.2, 0.25) is 0 Å². The Morgan fingerprint density at radius 2 is 1.68 bits per heavy atom. The number of benzene rings is 1. The molecule has 0 unspecified atom stereocenters. The van der Waals surface area contributed by atoms with Crippen LogP contribution in [0.25, 0.3) is 0 Å². The molecule has 1 fully saturated rings. The van der Waals surface area contributed by atoms with E-state index in [2.05, 4.69) is 11.8 Å². The third-order valence-electron chi connectivity index (χ3n) is 4.12. The highest BCUT2D eigenvalue weighted by atomic mass is 32.2. The second-order valence-corrected chi connectivity index (χ2v) is 10.2. The van der Waals surface area contributed by atoms with Crippen molar-refractivity contribution in [2.45, 2.75) is 36.0 Å². The third-order valence-corrected chi connectivity index (χ3v) is 6.35. The molecule has 0 spiro atoms. The first kappa shape index (κ1) is 17.3. The molecule has 1 atom stereocenters. The number of hydrogen-bond donors (Lipinski definition) is 0. The summed E-state index contributed by atoms with van der Waals surface area (Å²) in [7, 11) is -6.93. The average molecular weight is 345 g/mol. The van der Waals surface area contributed by atoms with Gasteiger partial charge in [0, 0.05) is 25.6 Å². The summed E-state index contributed by atoms with van der Waals surface area (Å²) in [4.78, 5) is 2.20. The van der Waals surface area contributed by atoms with Crippen molar-refractivity contribution in [3.63, 3.8) is 0 Å². The number of nitrogens with zero attached hydrogens (tertiary/aromatic N) is 1. The number of rotatable bonds is 3. The fourth-order valence-electron chi connectivity index (χ4n) is 2.79. The van der Waals surface area contributed by atoms with Crippen molar-refractivity contribution in [2.75, 3.05) is 30.5 Å². The van der Waals surface area contributed by atoms with Crippen LogP contribution in [0, 0.1) is 5.92 Å². The van der Waals surface area contributed by atoms with Gasteiger partial charge in [0.1, 0.15) is 0 Å². The highest BCUT2D eigenvalue weighted by Crippen LogP contribution is 2.30. The maximum absolute atomic E-state index is 12.1. The van der Waals surface area contributed by atoms with Crippen LogP contribution in [-0.2, 0) is 19.7 Å². The van der Waals surface area contributed by atoms with Gasteiger partial charge in [-0.05, 0) is 43.4 Å². The summed E-state index contributed by atoms with van der Waals surface area (Å²) < 4.78 is 47.6. The van der Waals surface area contributed by atoms with Crippen LogP contribution >= 0.6 is 0 Å². The topological polar surface area (TPSA) is 71.5 Å². The molecule has 0 amide bonds. The molecule has 22 heavy (non-hydrogen) atoms. The highest BCUT2D eigenvalue weighted by molar-refractivity contribution is 7.91. The maximum Gasteiger partial charge on any atom is 0.177 e. The van der Waals surface area contributed by atoms with Crippen LogP contribution in [0.5, 0.6) is 0 Å². The summed E-state index contributed by atoms with van der Waals surface area (Å²) in [5, 5.41) is 0. The molecular weight excluding hydrogens is 322 g/mol. The monoisotopic (exact) mass is 345 g/mol. The van der Waals surface area contributed by atoms with Crippen molar-refractivity contribution in [2.24, 2.45) is 5.92 Å². The Morgan fingerprint density at radius 1 is 1.00 bits per heavy atom. The first-order chi connectivity index (χ1) is 10.1. The van der Waals surface area contributed by atoms with Gasteiger partial charge in [-0.15, -0.1) is 0 Å². The smallest absolute Gasteiger partial charge is 0.177 e. The Bertz CT molecular complexity index is 754. The summed E-state index contributed by atoms with van der Waals surface area (Å²) in [6, 6.07) is 4.41. The molecule has 1 heterocycles. The second-order valence-electron chi connectivity index (χ2n) is 6.20. The Labute approximate surface area is 133 Å². The van der Waals surface area contributed by atoms with Crippen LogP contribution < -0.4 is 4.90 Å². The van der Waals surface area contributed by atoms with Crippen molar-refractivity contribution in [1.82, 2.24) is 0 Å². The van der Waals surface area contributed by atoms with E-state index in [1.807, 2.05) is 0 Å². The summed E-state index contributed by atoms with van der Waals surface area (Å²) in [6.45, 7) is 3.79. The first-order valence-electron chi connectivity index (χ1n) is 7.38. The lowest BCUT2D eigenvalue weighted by atomic mass is 10.0. The molecule has 1 aromatic carbocycles. The summed E-state index contributed by atoms with van der Waals surface area (Å²) in [5.41, 5.74) is 0.615.